The molecule has 0 N–H and O–H groups in total. The quantitative estimate of drug-likeness (QED) is 0.816. The van der Waals surface area contributed by atoms with Crippen LogP contribution in [0.5, 0.6) is 0 Å². The van der Waals surface area contributed by atoms with E-state index in [1.807, 2.05) is 34.6 Å². The first-order chi connectivity index (χ1) is 11.3. The maximum absolute atomic E-state index is 13.5. The fourth-order valence-electron chi connectivity index (χ4n) is 3.53. The molecule has 3 heterocycles. The molecule has 2 aliphatic rings. The van der Waals surface area contributed by atoms with Gasteiger partial charge in [-0.25, -0.2) is 8.78 Å². The highest BCUT2D eigenvalue weighted by Crippen LogP contribution is 2.28. The van der Waals surface area contributed by atoms with E-state index in [0.29, 0.717) is 32.7 Å². The van der Waals surface area contributed by atoms with Gasteiger partial charge in [0.15, 0.2) is 0 Å². The molecule has 1 atom stereocenters. The van der Waals surface area contributed by atoms with Crippen molar-refractivity contribution in [3.8, 4) is 0 Å². The molecule has 1 amide bonds. The second-order valence-electron chi connectivity index (χ2n) is 7.09. The number of likely N-dealkylation sites (N-methyl/N-ethyl adjacent to an activating group) is 1. The van der Waals surface area contributed by atoms with Crippen molar-refractivity contribution in [2.45, 2.75) is 37.9 Å². The molecule has 0 bridgehead atoms. The van der Waals surface area contributed by atoms with Crippen LogP contribution < -0.4 is 0 Å². The van der Waals surface area contributed by atoms with Gasteiger partial charge in [-0.15, -0.1) is 0 Å². The van der Waals surface area contributed by atoms with Crippen molar-refractivity contribution in [3.63, 3.8) is 0 Å². The van der Waals surface area contributed by atoms with E-state index < -0.39 is 5.92 Å². The summed E-state index contributed by atoms with van der Waals surface area (Å²) in [6.07, 6.45) is 2.38. The van der Waals surface area contributed by atoms with Crippen LogP contribution in [0, 0.1) is 0 Å². The van der Waals surface area contributed by atoms with E-state index in [1.54, 1.807) is 11.1 Å². The van der Waals surface area contributed by atoms with Gasteiger partial charge in [-0.3, -0.25) is 14.4 Å². The Kier molecular flexibility index (Phi) is 4.87. The Morgan fingerprint density at radius 3 is 2.88 bits per heavy atom. The lowest BCUT2D eigenvalue weighted by atomic mass is 10.1. The number of nitrogens with zero attached hydrogens (tertiary/aromatic N) is 5. The first-order valence-electron chi connectivity index (χ1n) is 8.39. The highest BCUT2D eigenvalue weighted by atomic mass is 19.3. The summed E-state index contributed by atoms with van der Waals surface area (Å²) in [6, 6.07) is 1.86. The predicted molar refractivity (Wildman–Crippen MR) is 85.7 cm³/mol. The van der Waals surface area contributed by atoms with Crippen LogP contribution in [0.25, 0.3) is 0 Å². The first kappa shape index (κ1) is 17.3. The average molecular weight is 341 g/mol. The molecule has 8 heteroatoms. The van der Waals surface area contributed by atoms with Crippen LogP contribution in [-0.2, 0) is 17.9 Å². The number of carbonyl (C=O) groups excluding carboxylic acids is 1. The number of aromatic nitrogens is 2. The predicted octanol–water partition coefficient (Wildman–Crippen LogP) is 0.887. The zero-order valence-corrected chi connectivity index (χ0v) is 14.3. The molecule has 1 aromatic heterocycles. The van der Waals surface area contributed by atoms with Gasteiger partial charge < -0.3 is 9.80 Å². The Hall–Kier alpha value is -1.54. The normalized spacial score (nSPS) is 24.2. The number of halogens is 2. The Morgan fingerprint density at radius 2 is 2.21 bits per heavy atom. The van der Waals surface area contributed by atoms with E-state index in [9.17, 15) is 13.6 Å². The van der Waals surface area contributed by atoms with Crippen LogP contribution in [0.2, 0.25) is 0 Å². The summed E-state index contributed by atoms with van der Waals surface area (Å²) < 4.78 is 28.9. The van der Waals surface area contributed by atoms with Crippen molar-refractivity contribution in [2.75, 3.05) is 40.3 Å². The van der Waals surface area contributed by atoms with Crippen molar-refractivity contribution in [1.29, 1.82) is 0 Å². The average Bonchev–Trinajstić information content (AvgIpc) is 3.02. The highest BCUT2D eigenvalue weighted by Gasteiger charge is 2.40. The van der Waals surface area contributed by atoms with E-state index >= 15 is 0 Å². The zero-order chi connectivity index (χ0) is 17.3. The van der Waals surface area contributed by atoms with Crippen molar-refractivity contribution < 1.29 is 13.6 Å². The molecule has 134 valence electrons. The van der Waals surface area contributed by atoms with Gasteiger partial charge in [0.05, 0.1) is 25.3 Å². The second kappa shape index (κ2) is 6.76. The van der Waals surface area contributed by atoms with Gasteiger partial charge in [0.2, 0.25) is 5.91 Å². The Morgan fingerprint density at radius 1 is 1.42 bits per heavy atom. The summed E-state index contributed by atoms with van der Waals surface area (Å²) in [6.45, 7) is 2.21. The van der Waals surface area contributed by atoms with Crippen LogP contribution in [0.1, 0.15) is 18.5 Å². The number of hydrogen-bond acceptors (Lipinski definition) is 4. The van der Waals surface area contributed by atoms with Gasteiger partial charge in [0, 0.05) is 38.3 Å². The summed E-state index contributed by atoms with van der Waals surface area (Å²) in [7, 11) is 3.71. The minimum Gasteiger partial charge on any atom is -0.331 e. The van der Waals surface area contributed by atoms with Gasteiger partial charge >= 0.3 is 0 Å². The number of likely N-dealkylation sites (tertiary alicyclic amines) is 1. The molecule has 0 saturated carbocycles. The molecule has 0 aliphatic carbocycles. The van der Waals surface area contributed by atoms with E-state index in [2.05, 4.69) is 5.10 Å². The molecule has 24 heavy (non-hydrogen) atoms. The van der Waals surface area contributed by atoms with Crippen molar-refractivity contribution in [1.82, 2.24) is 24.5 Å². The highest BCUT2D eigenvalue weighted by molar-refractivity contribution is 5.78. The molecule has 3 rings (SSSR count). The number of rotatable bonds is 4. The molecule has 1 saturated heterocycles. The topological polar surface area (TPSA) is 44.6 Å². The van der Waals surface area contributed by atoms with Crippen LogP contribution >= 0.6 is 0 Å². The first-order valence-corrected chi connectivity index (χ1v) is 8.39. The maximum atomic E-state index is 13.5. The number of fused-ring (bicyclic) bond motifs is 1. The summed E-state index contributed by atoms with van der Waals surface area (Å²) in [5.41, 5.74) is 0.997. The standard InChI is InChI=1S/C16H25F2N5O/c1-20(2)11-15(24)22-10-14-3-6-19-23(14)7-4-13(22)9-21-8-5-16(17,18)12-21/h3,6,13H,4-5,7-12H2,1-2H3/t13-/m0/s1. The fraction of sp³-hybridized carbons (Fsp3) is 0.750. The lowest BCUT2D eigenvalue weighted by Crippen LogP contribution is -2.48. The Labute approximate surface area is 141 Å². The molecular weight excluding hydrogens is 316 g/mol. The minimum atomic E-state index is -2.60. The third-order valence-electron chi connectivity index (χ3n) is 4.74. The number of aryl methyl sites for hydroxylation is 1. The summed E-state index contributed by atoms with van der Waals surface area (Å²) in [5.74, 6) is -2.57. The number of alkyl halides is 2. The molecule has 1 fully saturated rings. The van der Waals surface area contributed by atoms with Gasteiger partial charge in [-0.2, -0.15) is 5.10 Å². The molecule has 2 aliphatic heterocycles. The lowest BCUT2D eigenvalue weighted by molar-refractivity contribution is -0.135. The smallest absolute Gasteiger partial charge is 0.261 e. The van der Waals surface area contributed by atoms with Crippen LogP contribution in [0.4, 0.5) is 8.78 Å². The van der Waals surface area contributed by atoms with E-state index in [4.69, 9.17) is 0 Å². The molecule has 0 unspecified atom stereocenters. The van der Waals surface area contributed by atoms with Crippen molar-refractivity contribution >= 4 is 5.91 Å². The van der Waals surface area contributed by atoms with Crippen molar-refractivity contribution in [2.24, 2.45) is 0 Å². The van der Waals surface area contributed by atoms with E-state index in [-0.39, 0.29) is 24.9 Å². The van der Waals surface area contributed by atoms with Gasteiger partial charge in [-0.05, 0) is 26.6 Å². The lowest BCUT2D eigenvalue weighted by Gasteiger charge is -2.33. The van der Waals surface area contributed by atoms with E-state index in [1.165, 1.54) is 0 Å². The summed E-state index contributed by atoms with van der Waals surface area (Å²) in [5, 5.41) is 4.30. The largest absolute Gasteiger partial charge is 0.331 e. The molecule has 0 radical (unpaired) electrons. The monoisotopic (exact) mass is 341 g/mol. The molecular formula is C16H25F2N5O. The Bertz CT molecular complexity index is 589. The summed E-state index contributed by atoms with van der Waals surface area (Å²) in [4.78, 5) is 18.2. The third kappa shape index (κ3) is 3.92. The van der Waals surface area contributed by atoms with Crippen LogP contribution in [0.15, 0.2) is 12.3 Å². The molecule has 0 spiro atoms. The van der Waals surface area contributed by atoms with Gasteiger partial charge in [0.25, 0.3) is 5.92 Å². The molecule has 6 nitrogen and oxygen atoms in total. The minimum absolute atomic E-state index is 0.0330. The number of amides is 1. The SMILES string of the molecule is CN(C)CC(=O)N1Cc2ccnn2CC[C@H]1CN1CCC(F)(F)C1. The van der Waals surface area contributed by atoms with Crippen LogP contribution in [0.3, 0.4) is 0 Å². The number of carbonyl (C=O) groups is 1. The Balaban J connectivity index is 1.74. The second-order valence-corrected chi connectivity index (χ2v) is 7.09. The summed E-state index contributed by atoms with van der Waals surface area (Å²) >= 11 is 0. The number of hydrogen-bond donors (Lipinski definition) is 0. The van der Waals surface area contributed by atoms with Gasteiger partial charge in [0.1, 0.15) is 0 Å². The zero-order valence-electron chi connectivity index (χ0n) is 14.3. The van der Waals surface area contributed by atoms with E-state index in [0.717, 1.165) is 12.1 Å². The van der Waals surface area contributed by atoms with Gasteiger partial charge in [-0.1, -0.05) is 0 Å². The molecule has 0 aromatic carbocycles. The molecule has 1 aromatic rings. The van der Waals surface area contributed by atoms with Crippen molar-refractivity contribution in [3.05, 3.63) is 18.0 Å². The fourth-order valence-corrected chi connectivity index (χ4v) is 3.53. The maximum Gasteiger partial charge on any atom is 0.261 e. The van der Waals surface area contributed by atoms with Crippen LogP contribution in [-0.4, -0.2) is 82.6 Å². The third-order valence-corrected chi connectivity index (χ3v) is 4.74.